The average Bonchev–Trinajstić information content (AvgIpc) is 3.11. The van der Waals surface area contributed by atoms with E-state index in [0.717, 1.165) is 29.8 Å². The minimum atomic E-state index is 0.530. The Bertz CT molecular complexity index is 733. The van der Waals surface area contributed by atoms with Crippen LogP contribution in [0, 0.1) is 6.92 Å². The molecule has 3 aromatic heterocycles. The fourth-order valence-corrected chi connectivity index (χ4v) is 1.96. The standard InChI is InChI=1S/C13H17N7O/c1-3-4-14-13-17-11(10-7-16-19-12(10)18-13)15-6-9-5-8(2)21-20-9/h5,7H,3-4,6H2,1-2H3,(H3,14,15,16,17,18,19). The van der Waals surface area contributed by atoms with E-state index in [-0.39, 0.29) is 0 Å². The van der Waals surface area contributed by atoms with E-state index in [1.54, 1.807) is 6.20 Å². The van der Waals surface area contributed by atoms with Crippen LogP contribution in [0.1, 0.15) is 24.8 Å². The highest BCUT2D eigenvalue weighted by Crippen LogP contribution is 2.20. The summed E-state index contributed by atoms with van der Waals surface area (Å²) in [6, 6.07) is 1.89. The van der Waals surface area contributed by atoms with Crippen molar-refractivity contribution < 1.29 is 4.52 Å². The maximum absolute atomic E-state index is 5.05. The lowest BCUT2D eigenvalue weighted by atomic mass is 10.3. The van der Waals surface area contributed by atoms with Crippen LogP contribution in [0.5, 0.6) is 0 Å². The molecule has 3 heterocycles. The fourth-order valence-electron chi connectivity index (χ4n) is 1.96. The quantitative estimate of drug-likeness (QED) is 0.637. The first-order valence-electron chi connectivity index (χ1n) is 6.87. The van der Waals surface area contributed by atoms with Gasteiger partial charge in [0, 0.05) is 12.6 Å². The fraction of sp³-hybridized carbons (Fsp3) is 0.385. The summed E-state index contributed by atoms with van der Waals surface area (Å²) >= 11 is 0. The average molecular weight is 287 g/mol. The summed E-state index contributed by atoms with van der Waals surface area (Å²) in [5.41, 5.74) is 1.52. The number of aromatic amines is 1. The predicted octanol–water partition coefficient (Wildman–Crippen LogP) is 2.08. The van der Waals surface area contributed by atoms with Crippen molar-refractivity contribution in [2.45, 2.75) is 26.8 Å². The van der Waals surface area contributed by atoms with Crippen LogP contribution in [0.15, 0.2) is 16.8 Å². The molecule has 0 radical (unpaired) electrons. The highest BCUT2D eigenvalue weighted by Gasteiger charge is 2.10. The van der Waals surface area contributed by atoms with Crippen molar-refractivity contribution in [1.82, 2.24) is 25.3 Å². The topological polar surface area (TPSA) is 105 Å². The van der Waals surface area contributed by atoms with Crippen molar-refractivity contribution in [3.8, 4) is 0 Å². The largest absolute Gasteiger partial charge is 0.364 e. The van der Waals surface area contributed by atoms with Crippen molar-refractivity contribution >= 4 is 22.8 Å². The van der Waals surface area contributed by atoms with Gasteiger partial charge < -0.3 is 15.2 Å². The number of anilines is 2. The first-order chi connectivity index (χ1) is 10.3. The summed E-state index contributed by atoms with van der Waals surface area (Å²) < 4.78 is 5.05. The summed E-state index contributed by atoms with van der Waals surface area (Å²) in [7, 11) is 0. The van der Waals surface area contributed by atoms with Crippen LogP contribution in [0.3, 0.4) is 0 Å². The Kier molecular flexibility index (Phi) is 3.67. The number of hydrogen-bond donors (Lipinski definition) is 3. The molecule has 3 aromatic rings. The number of fused-ring (bicyclic) bond motifs is 1. The zero-order valence-corrected chi connectivity index (χ0v) is 12.0. The normalized spacial score (nSPS) is 11.0. The van der Waals surface area contributed by atoms with Gasteiger partial charge in [0.1, 0.15) is 17.3 Å². The van der Waals surface area contributed by atoms with E-state index in [2.05, 4.69) is 42.9 Å². The summed E-state index contributed by atoms with van der Waals surface area (Å²) in [5.74, 6) is 2.08. The first-order valence-corrected chi connectivity index (χ1v) is 6.87. The number of rotatable bonds is 6. The van der Waals surface area contributed by atoms with E-state index in [9.17, 15) is 0 Å². The Morgan fingerprint density at radius 3 is 2.95 bits per heavy atom. The highest BCUT2D eigenvalue weighted by atomic mass is 16.5. The van der Waals surface area contributed by atoms with Crippen molar-refractivity contribution in [2.75, 3.05) is 17.2 Å². The van der Waals surface area contributed by atoms with Crippen molar-refractivity contribution in [2.24, 2.45) is 0 Å². The van der Waals surface area contributed by atoms with Crippen LogP contribution in [0.2, 0.25) is 0 Å². The second kappa shape index (κ2) is 5.78. The number of H-pyrrole nitrogens is 1. The van der Waals surface area contributed by atoms with Gasteiger partial charge in [-0.15, -0.1) is 0 Å². The molecule has 0 amide bonds. The van der Waals surface area contributed by atoms with E-state index in [1.807, 2.05) is 13.0 Å². The number of nitrogens with zero attached hydrogens (tertiary/aromatic N) is 4. The predicted molar refractivity (Wildman–Crippen MR) is 79.0 cm³/mol. The molecule has 0 aliphatic carbocycles. The van der Waals surface area contributed by atoms with Crippen LogP contribution in [-0.2, 0) is 6.54 Å². The van der Waals surface area contributed by atoms with Crippen molar-refractivity contribution in [1.29, 1.82) is 0 Å². The zero-order chi connectivity index (χ0) is 14.7. The summed E-state index contributed by atoms with van der Waals surface area (Å²) in [6.07, 6.45) is 2.71. The Labute approximate surface area is 121 Å². The van der Waals surface area contributed by atoms with Crippen LogP contribution in [0.25, 0.3) is 11.0 Å². The first kappa shape index (κ1) is 13.3. The number of nitrogens with one attached hydrogen (secondary N) is 3. The van der Waals surface area contributed by atoms with Gasteiger partial charge in [-0.1, -0.05) is 12.1 Å². The molecule has 3 rings (SSSR count). The van der Waals surface area contributed by atoms with E-state index in [4.69, 9.17) is 4.52 Å². The minimum Gasteiger partial charge on any atom is -0.364 e. The molecule has 0 atom stereocenters. The van der Waals surface area contributed by atoms with Gasteiger partial charge in [-0.05, 0) is 13.3 Å². The van der Waals surface area contributed by atoms with Gasteiger partial charge in [0.15, 0.2) is 5.65 Å². The monoisotopic (exact) mass is 287 g/mol. The zero-order valence-electron chi connectivity index (χ0n) is 12.0. The third kappa shape index (κ3) is 2.93. The second-order valence-corrected chi connectivity index (χ2v) is 4.74. The van der Waals surface area contributed by atoms with Crippen LogP contribution in [-0.4, -0.2) is 31.9 Å². The molecule has 0 saturated carbocycles. The molecule has 0 fully saturated rings. The molecule has 8 nitrogen and oxygen atoms in total. The van der Waals surface area contributed by atoms with Gasteiger partial charge in [0.2, 0.25) is 5.95 Å². The van der Waals surface area contributed by atoms with Gasteiger partial charge in [-0.25, -0.2) is 0 Å². The molecule has 8 heteroatoms. The van der Waals surface area contributed by atoms with Crippen LogP contribution >= 0.6 is 0 Å². The molecule has 0 bridgehead atoms. The Morgan fingerprint density at radius 1 is 1.29 bits per heavy atom. The smallest absolute Gasteiger partial charge is 0.226 e. The molecule has 0 aliphatic heterocycles. The lowest BCUT2D eigenvalue weighted by Gasteiger charge is -2.08. The Morgan fingerprint density at radius 2 is 2.19 bits per heavy atom. The third-order valence-electron chi connectivity index (χ3n) is 2.96. The Hall–Kier alpha value is -2.64. The van der Waals surface area contributed by atoms with Crippen LogP contribution < -0.4 is 10.6 Å². The minimum absolute atomic E-state index is 0.530. The molecular formula is C13H17N7O. The summed E-state index contributed by atoms with van der Waals surface area (Å²) in [5, 5.41) is 18.1. The number of aryl methyl sites for hydroxylation is 1. The molecule has 0 unspecified atom stereocenters. The van der Waals surface area contributed by atoms with Gasteiger partial charge in [-0.2, -0.15) is 15.1 Å². The molecule has 21 heavy (non-hydrogen) atoms. The lowest BCUT2D eigenvalue weighted by Crippen LogP contribution is -2.08. The molecule has 3 N–H and O–H groups in total. The molecule has 0 aliphatic rings. The lowest BCUT2D eigenvalue weighted by molar-refractivity contribution is 0.391. The van der Waals surface area contributed by atoms with Crippen LogP contribution in [0.4, 0.5) is 11.8 Å². The van der Waals surface area contributed by atoms with E-state index in [1.165, 1.54) is 0 Å². The highest BCUT2D eigenvalue weighted by molar-refractivity contribution is 5.86. The van der Waals surface area contributed by atoms with Gasteiger partial charge in [0.25, 0.3) is 0 Å². The number of hydrogen-bond acceptors (Lipinski definition) is 7. The summed E-state index contributed by atoms with van der Waals surface area (Å²) in [4.78, 5) is 8.86. The summed E-state index contributed by atoms with van der Waals surface area (Å²) in [6.45, 7) is 5.31. The van der Waals surface area contributed by atoms with E-state index in [0.29, 0.717) is 24.0 Å². The molecule has 0 aromatic carbocycles. The molecule has 110 valence electrons. The van der Waals surface area contributed by atoms with Gasteiger partial charge >= 0.3 is 0 Å². The van der Waals surface area contributed by atoms with E-state index >= 15 is 0 Å². The maximum atomic E-state index is 5.05. The second-order valence-electron chi connectivity index (χ2n) is 4.74. The molecule has 0 saturated heterocycles. The molecule has 0 spiro atoms. The Balaban J connectivity index is 1.83. The third-order valence-corrected chi connectivity index (χ3v) is 2.96. The maximum Gasteiger partial charge on any atom is 0.226 e. The van der Waals surface area contributed by atoms with Gasteiger partial charge in [-0.3, -0.25) is 5.10 Å². The van der Waals surface area contributed by atoms with Crippen molar-refractivity contribution in [3.05, 3.63) is 23.7 Å². The molecular weight excluding hydrogens is 270 g/mol. The van der Waals surface area contributed by atoms with Gasteiger partial charge in [0.05, 0.1) is 18.1 Å². The number of aromatic nitrogens is 5. The van der Waals surface area contributed by atoms with E-state index < -0.39 is 0 Å². The van der Waals surface area contributed by atoms with Crippen molar-refractivity contribution in [3.63, 3.8) is 0 Å². The SMILES string of the molecule is CCCNc1nc(NCc2cc(C)on2)c2cn[nH]c2n1.